The van der Waals surface area contributed by atoms with Gasteiger partial charge in [-0.25, -0.2) is 0 Å². The van der Waals surface area contributed by atoms with Crippen LogP contribution in [-0.4, -0.2) is 37.2 Å². The molecule has 0 radical (unpaired) electrons. The van der Waals surface area contributed by atoms with Gasteiger partial charge in [-0.15, -0.1) is 0 Å². The topological polar surface area (TPSA) is 78.9 Å². The number of hydrogen-bond donors (Lipinski definition) is 0. The Morgan fingerprint density at radius 1 is 0.241 bits per heavy atom. The van der Waals surface area contributed by atoms with E-state index in [4.69, 9.17) is 14.2 Å². The van der Waals surface area contributed by atoms with E-state index in [0.29, 0.717) is 19.3 Å². The van der Waals surface area contributed by atoms with Crippen LogP contribution in [0.1, 0.15) is 393 Å². The van der Waals surface area contributed by atoms with Crippen molar-refractivity contribution in [3.63, 3.8) is 0 Å². The van der Waals surface area contributed by atoms with E-state index in [1.165, 1.54) is 270 Å². The minimum Gasteiger partial charge on any atom is -0.462 e. The Labute approximate surface area is 517 Å². The molecule has 0 saturated carbocycles. The summed E-state index contributed by atoms with van der Waals surface area (Å²) in [5.41, 5.74) is 0. The van der Waals surface area contributed by atoms with Crippen LogP contribution in [0.5, 0.6) is 0 Å². The van der Waals surface area contributed by atoms with Crippen molar-refractivity contribution in [1.82, 2.24) is 0 Å². The number of esters is 3. The molecule has 0 amide bonds. The first-order valence-corrected chi connectivity index (χ1v) is 36.8. The van der Waals surface area contributed by atoms with Gasteiger partial charge in [0, 0.05) is 19.3 Å². The monoisotopic (exact) mass is 1160 g/mol. The van der Waals surface area contributed by atoms with E-state index in [1.807, 2.05) is 0 Å². The molecule has 0 aliphatic heterocycles. The van der Waals surface area contributed by atoms with Crippen molar-refractivity contribution < 1.29 is 28.6 Å². The molecule has 0 spiro atoms. The fraction of sp³-hybridized carbons (Fsp3) is 0.831. The molecule has 0 aliphatic carbocycles. The highest BCUT2D eigenvalue weighted by atomic mass is 16.6. The highest BCUT2D eigenvalue weighted by Crippen LogP contribution is 2.18. The quantitative estimate of drug-likeness (QED) is 0.0261. The fourth-order valence-corrected chi connectivity index (χ4v) is 11.0. The van der Waals surface area contributed by atoms with Crippen LogP contribution >= 0.6 is 0 Å². The first-order valence-electron chi connectivity index (χ1n) is 36.8. The minimum absolute atomic E-state index is 0.0721. The molecule has 0 fully saturated rings. The summed E-state index contributed by atoms with van der Waals surface area (Å²) in [6, 6.07) is 0. The van der Waals surface area contributed by atoms with Crippen molar-refractivity contribution in [2.45, 2.75) is 399 Å². The number of hydrogen-bond acceptors (Lipinski definition) is 6. The van der Waals surface area contributed by atoms with Crippen LogP contribution in [-0.2, 0) is 28.6 Å². The summed E-state index contributed by atoms with van der Waals surface area (Å²) < 4.78 is 17.0. The van der Waals surface area contributed by atoms with Crippen LogP contribution in [0.15, 0.2) is 60.8 Å². The van der Waals surface area contributed by atoms with Gasteiger partial charge in [0.25, 0.3) is 0 Å². The Morgan fingerprint density at radius 2 is 0.434 bits per heavy atom. The third-order valence-electron chi connectivity index (χ3n) is 16.5. The Kier molecular flexibility index (Phi) is 69.1. The maximum absolute atomic E-state index is 13.0. The Balaban J connectivity index is 4.23. The van der Waals surface area contributed by atoms with E-state index in [0.717, 1.165) is 83.5 Å². The van der Waals surface area contributed by atoms with Gasteiger partial charge in [0.1, 0.15) is 13.2 Å². The van der Waals surface area contributed by atoms with Crippen molar-refractivity contribution in [2.24, 2.45) is 0 Å². The second-order valence-corrected chi connectivity index (χ2v) is 24.9. The van der Waals surface area contributed by atoms with Gasteiger partial charge in [0.15, 0.2) is 6.10 Å². The number of carbonyl (C=O) groups excluding carboxylic acids is 3. The molecule has 0 aromatic heterocycles. The predicted molar refractivity (Wildman–Crippen MR) is 362 cm³/mol. The smallest absolute Gasteiger partial charge is 0.306 e. The van der Waals surface area contributed by atoms with E-state index >= 15 is 0 Å². The lowest BCUT2D eigenvalue weighted by molar-refractivity contribution is -0.167. The Morgan fingerprint density at radius 3 is 0.687 bits per heavy atom. The van der Waals surface area contributed by atoms with Crippen LogP contribution in [0.4, 0.5) is 0 Å². The molecule has 0 N–H and O–H groups in total. The number of rotatable bonds is 68. The van der Waals surface area contributed by atoms with Crippen molar-refractivity contribution >= 4 is 17.9 Å². The zero-order chi connectivity index (χ0) is 59.9. The first-order chi connectivity index (χ1) is 41.0. The average Bonchev–Trinajstić information content (AvgIpc) is 3.50. The summed E-state index contributed by atoms with van der Waals surface area (Å²) in [7, 11) is 0. The number of unbranched alkanes of at least 4 members (excludes halogenated alkanes) is 47. The van der Waals surface area contributed by atoms with Crippen LogP contribution in [0.25, 0.3) is 0 Å². The second-order valence-electron chi connectivity index (χ2n) is 24.9. The highest BCUT2D eigenvalue weighted by Gasteiger charge is 2.19. The van der Waals surface area contributed by atoms with E-state index in [2.05, 4.69) is 81.5 Å². The standard InChI is InChI=1S/C77H140O6/c1-4-7-10-13-16-19-22-25-28-31-33-34-35-36-37-38-39-40-41-42-43-44-45-47-49-52-55-58-61-64-67-70-76(79)82-73-74(72-81-75(78)69-66-63-60-57-54-51-48-30-27-24-21-18-15-12-9-6-3)83-77(80)71-68-65-62-59-56-53-50-46-32-29-26-23-20-17-14-11-8-5-2/h20,22-23,25,29,31-33,35-36,74H,4-19,21,24,26-28,30,34,37-73H2,1-3H3/b23-20-,25-22-,32-29-,33-31-,36-35-. The fourth-order valence-electron chi connectivity index (χ4n) is 11.0. The van der Waals surface area contributed by atoms with Gasteiger partial charge < -0.3 is 14.2 Å². The number of allylic oxidation sites excluding steroid dienone is 10. The normalized spacial score (nSPS) is 12.4. The van der Waals surface area contributed by atoms with Gasteiger partial charge >= 0.3 is 17.9 Å². The van der Waals surface area contributed by atoms with Crippen LogP contribution in [0.3, 0.4) is 0 Å². The zero-order valence-electron chi connectivity index (χ0n) is 55.7. The average molecular weight is 1160 g/mol. The lowest BCUT2D eigenvalue weighted by atomic mass is 10.0. The number of ether oxygens (including phenoxy) is 3. The summed E-state index contributed by atoms with van der Waals surface area (Å²) in [6.07, 6.45) is 92.5. The minimum atomic E-state index is -0.777. The molecule has 0 saturated heterocycles. The van der Waals surface area contributed by atoms with Gasteiger partial charge in [-0.3, -0.25) is 14.4 Å². The highest BCUT2D eigenvalue weighted by molar-refractivity contribution is 5.71. The first kappa shape index (κ1) is 80.1. The molecule has 484 valence electrons. The molecular weight excluding hydrogens is 1020 g/mol. The van der Waals surface area contributed by atoms with Gasteiger partial charge in [-0.05, 0) is 89.9 Å². The van der Waals surface area contributed by atoms with Gasteiger partial charge in [0.05, 0.1) is 0 Å². The van der Waals surface area contributed by atoms with Crippen molar-refractivity contribution in [2.75, 3.05) is 13.2 Å². The molecule has 0 rings (SSSR count). The largest absolute Gasteiger partial charge is 0.462 e. The summed E-state index contributed by atoms with van der Waals surface area (Å²) >= 11 is 0. The predicted octanol–water partition coefficient (Wildman–Crippen LogP) is 25.5. The molecule has 1 unspecified atom stereocenters. The van der Waals surface area contributed by atoms with Crippen LogP contribution in [0.2, 0.25) is 0 Å². The molecule has 0 aromatic rings. The summed E-state index contributed by atoms with van der Waals surface area (Å²) in [5, 5.41) is 0. The molecule has 0 heterocycles. The van der Waals surface area contributed by atoms with E-state index in [1.54, 1.807) is 0 Å². The summed E-state index contributed by atoms with van der Waals surface area (Å²) in [5.74, 6) is -0.853. The third-order valence-corrected chi connectivity index (χ3v) is 16.5. The van der Waals surface area contributed by atoms with Gasteiger partial charge in [-0.1, -0.05) is 345 Å². The van der Waals surface area contributed by atoms with E-state index in [9.17, 15) is 14.4 Å². The zero-order valence-corrected chi connectivity index (χ0v) is 55.7. The van der Waals surface area contributed by atoms with Crippen molar-refractivity contribution in [3.05, 3.63) is 60.8 Å². The Hall–Kier alpha value is -2.89. The van der Waals surface area contributed by atoms with Crippen LogP contribution in [0, 0.1) is 0 Å². The number of carbonyl (C=O) groups is 3. The molecule has 83 heavy (non-hydrogen) atoms. The molecule has 1 atom stereocenters. The molecule has 0 bridgehead atoms. The molecular formula is C77H140O6. The summed E-state index contributed by atoms with van der Waals surface area (Å²) in [6.45, 7) is 6.67. The van der Waals surface area contributed by atoms with Crippen molar-refractivity contribution in [3.8, 4) is 0 Å². The lowest BCUT2D eigenvalue weighted by Gasteiger charge is -2.18. The summed E-state index contributed by atoms with van der Waals surface area (Å²) in [4.78, 5) is 38.5. The van der Waals surface area contributed by atoms with Crippen LogP contribution < -0.4 is 0 Å². The van der Waals surface area contributed by atoms with Crippen molar-refractivity contribution in [1.29, 1.82) is 0 Å². The molecule has 0 aromatic carbocycles. The maximum Gasteiger partial charge on any atom is 0.306 e. The van der Waals surface area contributed by atoms with E-state index in [-0.39, 0.29) is 31.1 Å². The van der Waals surface area contributed by atoms with E-state index < -0.39 is 6.10 Å². The van der Waals surface area contributed by atoms with Gasteiger partial charge in [-0.2, -0.15) is 0 Å². The molecule has 6 nitrogen and oxygen atoms in total. The van der Waals surface area contributed by atoms with Gasteiger partial charge in [0.2, 0.25) is 0 Å². The lowest BCUT2D eigenvalue weighted by Crippen LogP contribution is -2.30. The Bertz CT molecular complexity index is 1470. The molecule has 6 heteroatoms. The third kappa shape index (κ3) is 69.8. The second kappa shape index (κ2) is 71.6. The maximum atomic E-state index is 13.0. The SMILES string of the molecule is CCCCCC/C=C\C/C=C\CCCCCCCCCC(=O)OC(COC(=O)CCCCCCCCCCCCCCCCCC)COC(=O)CCCCCCCCCCCCCCCCCC/C=C\C/C=C\C/C=C\CCCCCCC. The molecule has 0 aliphatic rings.